The van der Waals surface area contributed by atoms with E-state index in [2.05, 4.69) is 20.8 Å². The van der Waals surface area contributed by atoms with Gasteiger partial charge in [0.25, 0.3) is 0 Å². The maximum atomic E-state index is 12.5. The van der Waals surface area contributed by atoms with Gasteiger partial charge < -0.3 is 4.74 Å². The van der Waals surface area contributed by atoms with Crippen LogP contribution in [-0.2, 0) is 24.8 Å². The van der Waals surface area contributed by atoms with Crippen LogP contribution in [-0.4, -0.2) is 32.0 Å². The van der Waals surface area contributed by atoms with Crippen molar-refractivity contribution in [2.75, 3.05) is 5.75 Å². The van der Waals surface area contributed by atoms with Gasteiger partial charge in [0.15, 0.2) is 15.9 Å². The zero-order valence-electron chi connectivity index (χ0n) is 17.6. The standard InChI is InChI=1S/C23H28O5S/c1-16-6-12-20(13-7-16)29(26,27)15-14-21(24)28-17(2)22(25)18-8-10-19(11-9-18)23(3,4)5/h6-13,17H,14-15H2,1-5H3/t17-/m1/s1. The lowest BCUT2D eigenvalue weighted by Crippen LogP contribution is -2.25. The van der Waals surface area contributed by atoms with Crippen LogP contribution in [0.4, 0.5) is 0 Å². The molecule has 6 heteroatoms. The van der Waals surface area contributed by atoms with E-state index in [1.165, 1.54) is 19.1 Å². The fraction of sp³-hybridized carbons (Fsp3) is 0.391. The minimum atomic E-state index is -3.58. The van der Waals surface area contributed by atoms with Gasteiger partial charge in [0.05, 0.1) is 17.1 Å². The van der Waals surface area contributed by atoms with E-state index in [-0.39, 0.29) is 28.3 Å². The van der Waals surface area contributed by atoms with E-state index in [0.717, 1.165) is 11.1 Å². The van der Waals surface area contributed by atoms with Gasteiger partial charge >= 0.3 is 5.97 Å². The molecule has 0 saturated heterocycles. The predicted molar refractivity (Wildman–Crippen MR) is 113 cm³/mol. The summed E-state index contributed by atoms with van der Waals surface area (Å²) in [6, 6.07) is 13.6. The Morgan fingerprint density at radius 2 is 1.52 bits per heavy atom. The Hall–Kier alpha value is -2.47. The summed E-state index contributed by atoms with van der Waals surface area (Å²) in [6.45, 7) is 9.60. The number of ether oxygens (including phenoxy) is 1. The molecule has 0 aliphatic heterocycles. The zero-order chi connectivity index (χ0) is 21.8. The van der Waals surface area contributed by atoms with Gasteiger partial charge in [-0.25, -0.2) is 8.42 Å². The van der Waals surface area contributed by atoms with Crippen LogP contribution in [0.1, 0.15) is 55.6 Å². The quantitative estimate of drug-likeness (QED) is 0.497. The SMILES string of the molecule is Cc1ccc(S(=O)(=O)CCC(=O)O[C@H](C)C(=O)c2ccc(C(C)(C)C)cc2)cc1. The highest BCUT2D eigenvalue weighted by Gasteiger charge is 2.23. The summed E-state index contributed by atoms with van der Waals surface area (Å²) in [5.74, 6) is -1.40. The molecule has 0 unspecified atom stereocenters. The highest BCUT2D eigenvalue weighted by molar-refractivity contribution is 7.91. The molecule has 29 heavy (non-hydrogen) atoms. The van der Waals surface area contributed by atoms with E-state index in [9.17, 15) is 18.0 Å². The number of benzene rings is 2. The van der Waals surface area contributed by atoms with Crippen LogP contribution in [0, 0.1) is 6.92 Å². The average Bonchev–Trinajstić information content (AvgIpc) is 2.65. The highest BCUT2D eigenvalue weighted by Crippen LogP contribution is 2.22. The van der Waals surface area contributed by atoms with Crippen LogP contribution in [0.25, 0.3) is 0 Å². The van der Waals surface area contributed by atoms with Crippen LogP contribution in [0.5, 0.6) is 0 Å². The molecule has 0 spiro atoms. The van der Waals surface area contributed by atoms with Crippen LogP contribution >= 0.6 is 0 Å². The second-order valence-corrected chi connectivity index (χ2v) is 10.3. The van der Waals surface area contributed by atoms with E-state index in [1.807, 2.05) is 19.1 Å². The van der Waals surface area contributed by atoms with Crippen LogP contribution in [0.2, 0.25) is 0 Å². The van der Waals surface area contributed by atoms with Crippen LogP contribution < -0.4 is 0 Å². The van der Waals surface area contributed by atoms with Crippen molar-refractivity contribution in [3.05, 3.63) is 65.2 Å². The van der Waals surface area contributed by atoms with Crippen molar-refractivity contribution in [1.29, 1.82) is 0 Å². The number of carbonyl (C=O) groups is 2. The summed E-state index contributed by atoms with van der Waals surface area (Å²) in [7, 11) is -3.58. The maximum absolute atomic E-state index is 12.5. The summed E-state index contributed by atoms with van der Waals surface area (Å²) in [4.78, 5) is 24.7. The van der Waals surface area contributed by atoms with Gasteiger partial charge in [-0.3, -0.25) is 9.59 Å². The molecule has 0 heterocycles. The zero-order valence-corrected chi connectivity index (χ0v) is 18.4. The number of carbonyl (C=O) groups excluding carboxylic acids is 2. The van der Waals surface area contributed by atoms with Gasteiger partial charge in [-0.15, -0.1) is 0 Å². The van der Waals surface area contributed by atoms with E-state index in [1.54, 1.807) is 24.3 Å². The number of hydrogen-bond acceptors (Lipinski definition) is 5. The smallest absolute Gasteiger partial charge is 0.307 e. The van der Waals surface area contributed by atoms with Crippen molar-refractivity contribution in [2.24, 2.45) is 0 Å². The summed E-state index contributed by atoms with van der Waals surface area (Å²) >= 11 is 0. The number of ketones is 1. The number of sulfone groups is 1. The Balaban J connectivity index is 1.94. The van der Waals surface area contributed by atoms with Crippen molar-refractivity contribution in [2.45, 2.75) is 57.5 Å². The van der Waals surface area contributed by atoms with E-state index >= 15 is 0 Å². The third-order valence-corrected chi connectivity index (χ3v) is 6.40. The molecule has 156 valence electrons. The first kappa shape index (κ1) is 22.8. The van der Waals surface area contributed by atoms with E-state index in [4.69, 9.17) is 4.74 Å². The van der Waals surface area contributed by atoms with Gasteiger partial charge in [0, 0.05) is 5.56 Å². The summed E-state index contributed by atoms with van der Waals surface area (Å²) in [5, 5.41) is 0. The van der Waals surface area contributed by atoms with E-state index in [0.29, 0.717) is 5.56 Å². The molecule has 0 saturated carbocycles. The first-order valence-corrected chi connectivity index (χ1v) is 11.2. The highest BCUT2D eigenvalue weighted by atomic mass is 32.2. The fourth-order valence-corrected chi connectivity index (χ4v) is 3.98. The Labute approximate surface area is 173 Å². The van der Waals surface area contributed by atoms with Crippen LogP contribution in [0.15, 0.2) is 53.4 Å². The van der Waals surface area contributed by atoms with Crippen LogP contribution in [0.3, 0.4) is 0 Å². The first-order valence-electron chi connectivity index (χ1n) is 9.54. The molecule has 0 fully saturated rings. The molecule has 1 atom stereocenters. The molecule has 2 aromatic carbocycles. The molecule has 5 nitrogen and oxygen atoms in total. The summed E-state index contributed by atoms with van der Waals surface area (Å²) in [6.07, 6.45) is -1.29. The fourth-order valence-electron chi connectivity index (χ4n) is 2.76. The Morgan fingerprint density at radius 3 is 2.03 bits per heavy atom. The molecule has 0 aromatic heterocycles. The van der Waals surface area contributed by atoms with Gasteiger partial charge in [-0.2, -0.15) is 0 Å². The number of rotatable bonds is 7. The first-order chi connectivity index (χ1) is 13.4. The number of aryl methyl sites for hydroxylation is 1. The predicted octanol–water partition coefficient (Wildman–Crippen LogP) is 4.27. The molecular formula is C23H28O5S. The Morgan fingerprint density at radius 1 is 0.966 bits per heavy atom. The lowest BCUT2D eigenvalue weighted by Gasteiger charge is -2.19. The monoisotopic (exact) mass is 416 g/mol. The van der Waals surface area contributed by atoms with Gasteiger partial charge in [0.1, 0.15) is 0 Å². The Kier molecular flexibility index (Phi) is 7.01. The van der Waals surface area contributed by atoms with E-state index < -0.39 is 21.9 Å². The normalized spacial score (nSPS) is 13.0. The number of hydrogen-bond donors (Lipinski definition) is 0. The number of Topliss-reactive ketones (excluding diaryl/α,β-unsaturated/α-hetero) is 1. The molecule has 0 aliphatic rings. The third-order valence-electron chi connectivity index (χ3n) is 4.67. The summed E-state index contributed by atoms with van der Waals surface area (Å²) in [5.41, 5.74) is 2.47. The maximum Gasteiger partial charge on any atom is 0.307 e. The van der Waals surface area contributed by atoms with Crippen molar-refractivity contribution in [1.82, 2.24) is 0 Å². The largest absolute Gasteiger partial charge is 0.454 e. The van der Waals surface area contributed by atoms with Gasteiger partial charge in [-0.05, 0) is 37.0 Å². The molecule has 0 bridgehead atoms. The molecule has 0 N–H and O–H groups in total. The Bertz CT molecular complexity index is 965. The minimum absolute atomic E-state index is 0.0252. The lowest BCUT2D eigenvalue weighted by atomic mass is 9.86. The van der Waals surface area contributed by atoms with Gasteiger partial charge in [-0.1, -0.05) is 62.7 Å². The van der Waals surface area contributed by atoms with Crippen molar-refractivity contribution in [3.8, 4) is 0 Å². The molecular weight excluding hydrogens is 388 g/mol. The van der Waals surface area contributed by atoms with Crippen molar-refractivity contribution < 1.29 is 22.7 Å². The van der Waals surface area contributed by atoms with Crippen molar-refractivity contribution >= 4 is 21.6 Å². The second kappa shape index (κ2) is 8.91. The second-order valence-electron chi connectivity index (χ2n) is 8.21. The lowest BCUT2D eigenvalue weighted by molar-refractivity contribution is -0.145. The molecule has 0 radical (unpaired) electrons. The molecule has 2 aromatic rings. The molecule has 0 amide bonds. The molecule has 2 rings (SSSR count). The number of esters is 1. The topological polar surface area (TPSA) is 77.5 Å². The minimum Gasteiger partial charge on any atom is -0.454 e. The van der Waals surface area contributed by atoms with Gasteiger partial charge in [0.2, 0.25) is 5.78 Å². The molecule has 0 aliphatic carbocycles. The van der Waals surface area contributed by atoms with Crippen molar-refractivity contribution in [3.63, 3.8) is 0 Å². The summed E-state index contributed by atoms with van der Waals surface area (Å²) < 4.78 is 29.8. The average molecular weight is 417 g/mol. The third kappa shape index (κ3) is 6.26.